The number of rotatable bonds is 7. The zero-order valence-corrected chi connectivity index (χ0v) is 23.6. The number of hydrogen-bond donors (Lipinski definition) is 1. The van der Waals surface area contributed by atoms with E-state index in [1.165, 1.54) is 11.8 Å². The zero-order valence-electron chi connectivity index (χ0n) is 22.8. The molecule has 2 aliphatic heterocycles. The van der Waals surface area contributed by atoms with Gasteiger partial charge in [0.1, 0.15) is 31.3 Å². The van der Waals surface area contributed by atoms with Gasteiger partial charge in [-0.05, 0) is 48.4 Å². The Bertz CT molecular complexity index is 1740. The second-order valence-corrected chi connectivity index (χ2v) is 10.8. The van der Waals surface area contributed by atoms with Gasteiger partial charge in [-0.15, -0.1) is 0 Å². The molecule has 1 atom stereocenters. The fourth-order valence-electron chi connectivity index (χ4n) is 5.02. The smallest absolute Gasteiger partial charge is 0.301 e. The predicted molar refractivity (Wildman–Crippen MR) is 156 cm³/mol. The molecule has 4 aromatic rings. The Morgan fingerprint density at radius 1 is 1.02 bits per heavy atom. The van der Waals surface area contributed by atoms with E-state index >= 15 is 0 Å². The van der Waals surface area contributed by atoms with Gasteiger partial charge in [-0.25, -0.2) is 4.98 Å². The van der Waals surface area contributed by atoms with Crippen LogP contribution in [0.5, 0.6) is 17.2 Å². The van der Waals surface area contributed by atoms with Crippen molar-refractivity contribution in [2.24, 2.45) is 0 Å². The first-order chi connectivity index (χ1) is 20.3. The van der Waals surface area contributed by atoms with Crippen LogP contribution in [0, 0.1) is 6.92 Å². The summed E-state index contributed by atoms with van der Waals surface area (Å²) in [7, 11) is 0. The number of aromatic nitrogens is 1. The number of nitrogens with zero attached hydrogens (tertiary/aromatic N) is 2. The molecular weight excluding hydrogens is 556 g/mol. The van der Waals surface area contributed by atoms with Crippen LogP contribution >= 0.6 is 11.3 Å². The summed E-state index contributed by atoms with van der Waals surface area (Å²) >= 11 is 1.03. The Morgan fingerprint density at radius 3 is 2.52 bits per heavy atom. The number of thiazole rings is 1. The summed E-state index contributed by atoms with van der Waals surface area (Å²) in [6, 6.07) is 20.5. The number of ether oxygens (including phenoxy) is 3. The van der Waals surface area contributed by atoms with E-state index in [1.54, 1.807) is 49.4 Å². The van der Waals surface area contributed by atoms with E-state index in [-0.39, 0.29) is 22.2 Å². The highest BCUT2D eigenvalue weighted by atomic mass is 32.1. The molecule has 2 aliphatic rings. The van der Waals surface area contributed by atoms with Crippen molar-refractivity contribution in [3.8, 4) is 17.2 Å². The number of aliphatic hydroxyl groups is 1. The number of carbonyl (C=O) groups is 3. The third-order valence-electron chi connectivity index (χ3n) is 6.99. The minimum absolute atomic E-state index is 0.117. The van der Waals surface area contributed by atoms with E-state index in [1.807, 2.05) is 30.3 Å². The normalized spacial score (nSPS) is 17.4. The molecule has 10 heteroatoms. The van der Waals surface area contributed by atoms with Crippen LogP contribution in [0.4, 0.5) is 5.13 Å². The Kier molecular flexibility index (Phi) is 7.22. The van der Waals surface area contributed by atoms with Crippen LogP contribution in [0.3, 0.4) is 0 Å². The molecular formula is C32H26N2O7S. The highest BCUT2D eigenvalue weighted by Crippen LogP contribution is 2.45. The van der Waals surface area contributed by atoms with Gasteiger partial charge in [0.25, 0.3) is 5.78 Å². The third kappa shape index (κ3) is 5.01. The first-order valence-electron chi connectivity index (χ1n) is 13.3. The molecule has 0 spiro atoms. The fraction of sp³-hybridized carbons (Fsp3) is 0.188. The third-order valence-corrected chi connectivity index (χ3v) is 8.25. The molecule has 9 nitrogen and oxygen atoms in total. The molecule has 1 N–H and O–H groups in total. The minimum atomic E-state index is -1.04. The number of ketones is 2. The molecule has 0 bridgehead atoms. The highest BCUT2D eigenvalue weighted by molar-refractivity contribution is 7.18. The SMILES string of the molecule is CC(=O)c1sc(N2C(=O)C(=O)C(=C(O)c3ccc4c(c3)OCCO4)[C@H]2c2cccc(OCc3ccccc3)c2)nc1C. The molecule has 0 aliphatic carbocycles. The summed E-state index contributed by atoms with van der Waals surface area (Å²) in [5, 5.41) is 11.7. The lowest BCUT2D eigenvalue weighted by atomic mass is 9.95. The van der Waals surface area contributed by atoms with Crippen molar-refractivity contribution in [2.45, 2.75) is 26.5 Å². The topological polar surface area (TPSA) is 115 Å². The Morgan fingerprint density at radius 2 is 1.79 bits per heavy atom. The van der Waals surface area contributed by atoms with Gasteiger partial charge in [0.2, 0.25) is 0 Å². The Balaban J connectivity index is 1.46. The van der Waals surface area contributed by atoms with E-state index in [4.69, 9.17) is 14.2 Å². The van der Waals surface area contributed by atoms with Gasteiger partial charge >= 0.3 is 5.91 Å². The van der Waals surface area contributed by atoms with Gasteiger partial charge in [0.05, 0.1) is 22.2 Å². The van der Waals surface area contributed by atoms with Gasteiger partial charge in [0.15, 0.2) is 22.4 Å². The number of Topliss-reactive ketones (excluding diaryl/α,β-unsaturated/α-hetero) is 2. The van der Waals surface area contributed by atoms with Gasteiger partial charge < -0.3 is 19.3 Å². The number of aliphatic hydroxyl groups excluding tert-OH is 1. The molecule has 3 aromatic carbocycles. The predicted octanol–water partition coefficient (Wildman–Crippen LogP) is 5.63. The first kappa shape index (κ1) is 27.2. The molecule has 212 valence electrons. The summed E-state index contributed by atoms with van der Waals surface area (Å²) in [6.45, 7) is 4.16. The van der Waals surface area contributed by atoms with Gasteiger partial charge in [-0.1, -0.05) is 53.8 Å². The van der Waals surface area contributed by atoms with E-state index < -0.39 is 17.7 Å². The van der Waals surface area contributed by atoms with Crippen LogP contribution in [0.25, 0.3) is 5.76 Å². The number of benzene rings is 3. The summed E-state index contributed by atoms with van der Waals surface area (Å²) in [6.07, 6.45) is 0. The highest BCUT2D eigenvalue weighted by Gasteiger charge is 2.48. The Labute approximate surface area is 245 Å². The number of fused-ring (bicyclic) bond motifs is 1. The monoisotopic (exact) mass is 582 g/mol. The van der Waals surface area contributed by atoms with Crippen LogP contribution in [-0.2, 0) is 16.2 Å². The van der Waals surface area contributed by atoms with Crippen molar-refractivity contribution < 1.29 is 33.7 Å². The summed E-state index contributed by atoms with van der Waals surface area (Å²) in [5.41, 5.74) is 2.13. The molecule has 0 saturated carbocycles. The Hall–Kier alpha value is -4.96. The summed E-state index contributed by atoms with van der Waals surface area (Å²) in [5.74, 6) is -0.840. The number of amides is 1. The van der Waals surface area contributed by atoms with Crippen LogP contribution < -0.4 is 19.1 Å². The minimum Gasteiger partial charge on any atom is -0.507 e. The lowest BCUT2D eigenvalue weighted by molar-refractivity contribution is -0.132. The van der Waals surface area contributed by atoms with Crippen LogP contribution in [0.1, 0.15) is 45.0 Å². The lowest BCUT2D eigenvalue weighted by Gasteiger charge is -2.24. The van der Waals surface area contributed by atoms with Crippen molar-refractivity contribution in [1.82, 2.24) is 4.98 Å². The molecule has 1 amide bonds. The maximum atomic E-state index is 13.6. The molecule has 0 radical (unpaired) electrons. The maximum Gasteiger partial charge on any atom is 0.301 e. The number of hydrogen-bond acceptors (Lipinski definition) is 9. The molecule has 6 rings (SSSR count). The molecule has 3 heterocycles. The van der Waals surface area contributed by atoms with Crippen LogP contribution in [0.15, 0.2) is 78.4 Å². The first-order valence-corrected chi connectivity index (χ1v) is 14.1. The standard InChI is InChI=1S/C32H26N2O7S/c1-18-30(19(2)35)42-32(33-18)34-27(21-9-6-10-23(15-21)41-17-20-7-4-3-5-8-20)26(29(37)31(34)38)28(36)22-11-12-24-25(16-22)40-14-13-39-24/h3-12,15-16,27,36H,13-14,17H2,1-2H3/t27-/m1/s1. The quantitative estimate of drug-likeness (QED) is 0.129. The molecule has 1 saturated heterocycles. The summed E-state index contributed by atoms with van der Waals surface area (Å²) in [4.78, 5) is 45.5. The number of anilines is 1. The second kappa shape index (κ2) is 11.1. The number of carbonyl (C=O) groups excluding carboxylic acids is 3. The van der Waals surface area contributed by atoms with Gasteiger partial charge in [-0.2, -0.15) is 0 Å². The van der Waals surface area contributed by atoms with Gasteiger partial charge in [0, 0.05) is 12.5 Å². The van der Waals surface area contributed by atoms with Crippen molar-refractivity contribution in [3.63, 3.8) is 0 Å². The van der Waals surface area contributed by atoms with Crippen LogP contribution in [-0.4, -0.2) is 40.8 Å². The second-order valence-electron chi connectivity index (χ2n) is 9.84. The van der Waals surface area contributed by atoms with Crippen molar-refractivity contribution in [3.05, 3.63) is 106 Å². The largest absolute Gasteiger partial charge is 0.507 e. The van der Waals surface area contributed by atoms with E-state index in [0.717, 1.165) is 16.9 Å². The molecule has 1 fully saturated rings. The lowest BCUT2D eigenvalue weighted by Crippen LogP contribution is -2.29. The van der Waals surface area contributed by atoms with E-state index in [0.29, 0.717) is 58.8 Å². The van der Waals surface area contributed by atoms with Crippen molar-refractivity contribution in [2.75, 3.05) is 18.1 Å². The molecule has 0 unspecified atom stereocenters. The zero-order chi connectivity index (χ0) is 29.4. The van der Waals surface area contributed by atoms with Gasteiger partial charge in [-0.3, -0.25) is 19.3 Å². The molecule has 42 heavy (non-hydrogen) atoms. The van der Waals surface area contributed by atoms with Crippen LogP contribution in [0.2, 0.25) is 0 Å². The fourth-order valence-corrected chi connectivity index (χ4v) is 6.01. The van der Waals surface area contributed by atoms with Crippen molar-refractivity contribution >= 4 is 39.7 Å². The van der Waals surface area contributed by atoms with E-state index in [9.17, 15) is 19.5 Å². The summed E-state index contributed by atoms with van der Waals surface area (Å²) < 4.78 is 17.3. The molecule has 1 aromatic heterocycles. The maximum absolute atomic E-state index is 13.6. The van der Waals surface area contributed by atoms with E-state index in [2.05, 4.69) is 4.98 Å². The van der Waals surface area contributed by atoms with Crippen molar-refractivity contribution in [1.29, 1.82) is 0 Å². The number of aryl methyl sites for hydroxylation is 1. The average molecular weight is 583 g/mol. The average Bonchev–Trinajstić information content (AvgIpc) is 3.52.